The molecule has 7 heteroatoms. The molecule has 0 bridgehead atoms. The molecule has 1 heterocycles. The summed E-state index contributed by atoms with van der Waals surface area (Å²) >= 11 is 0. The molecule has 0 aromatic carbocycles. The van der Waals surface area contributed by atoms with Crippen molar-refractivity contribution in [1.29, 1.82) is 0 Å². The van der Waals surface area contributed by atoms with E-state index in [1.54, 1.807) is 6.07 Å². The lowest BCUT2D eigenvalue weighted by molar-refractivity contribution is 0.586. The van der Waals surface area contributed by atoms with Crippen LogP contribution in [0.3, 0.4) is 0 Å². The minimum absolute atomic E-state index is 0.400. The maximum Gasteiger partial charge on any atom is 0.208 e. The van der Waals surface area contributed by atoms with Crippen LogP contribution in [0, 0.1) is 6.92 Å². The Bertz CT molecular complexity index is 473. The van der Waals surface area contributed by atoms with Crippen molar-refractivity contribution in [3.63, 3.8) is 0 Å². The van der Waals surface area contributed by atoms with Gasteiger partial charge in [-0.1, -0.05) is 0 Å². The highest BCUT2D eigenvalue weighted by Gasteiger charge is 2.01. The molecule has 0 saturated heterocycles. The first-order chi connectivity index (χ1) is 7.88. The highest BCUT2D eigenvalue weighted by molar-refractivity contribution is 7.88. The number of hydrogen-bond acceptors (Lipinski definition) is 5. The van der Waals surface area contributed by atoms with E-state index in [1.807, 2.05) is 13.0 Å². The Kier molecular flexibility index (Phi) is 4.71. The number of nitrogen functional groups attached to an aromatic ring is 1. The van der Waals surface area contributed by atoms with Gasteiger partial charge in [-0.2, -0.15) is 0 Å². The second kappa shape index (κ2) is 5.83. The summed E-state index contributed by atoms with van der Waals surface area (Å²) in [5, 5.41) is 3.07. The van der Waals surface area contributed by atoms with E-state index >= 15 is 0 Å². The molecule has 0 fully saturated rings. The van der Waals surface area contributed by atoms with Gasteiger partial charge >= 0.3 is 0 Å². The summed E-state index contributed by atoms with van der Waals surface area (Å²) in [6.07, 6.45) is 1.81. The number of nitrogens with two attached hydrogens (primary N) is 1. The van der Waals surface area contributed by atoms with E-state index in [2.05, 4.69) is 15.0 Å². The second-order valence-corrected chi connectivity index (χ2v) is 5.67. The van der Waals surface area contributed by atoms with Gasteiger partial charge in [0.1, 0.15) is 5.82 Å². The molecule has 6 nitrogen and oxygen atoms in total. The summed E-state index contributed by atoms with van der Waals surface area (Å²) in [5.74, 6) is 0.643. The van der Waals surface area contributed by atoms with Gasteiger partial charge in [0.05, 0.1) is 11.9 Å². The Morgan fingerprint density at radius 3 is 2.71 bits per heavy atom. The van der Waals surface area contributed by atoms with Gasteiger partial charge in [0.25, 0.3) is 0 Å². The van der Waals surface area contributed by atoms with Crippen molar-refractivity contribution in [1.82, 2.24) is 9.71 Å². The molecule has 96 valence electrons. The predicted molar refractivity (Wildman–Crippen MR) is 69.3 cm³/mol. The fraction of sp³-hybridized carbons (Fsp3) is 0.500. The standard InChI is InChI=1S/C10H18N4O2S/c1-8-4-5-9(11)10(14-8)12-6-3-7-13-17(2,15)16/h4-5,13H,3,6-7,11H2,1-2H3,(H,12,14). The van der Waals surface area contributed by atoms with Crippen LogP contribution in [0.15, 0.2) is 12.1 Å². The van der Waals surface area contributed by atoms with Gasteiger partial charge < -0.3 is 11.1 Å². The van der Waals surface area contributed by atoms with Crippen LogP contribution in [0.2, 0.25) is 0 Å². The molecule has 0 saturated carbocycles. The van der Waals surface area contributed by atoms with Crippen LogP contribution in [0.4, 0.5) is 11.5 Å². The third-order valence-electron chi connectivity index (χ3n) is 2.08. The fourth-order valence-corrected chi connectivity index (χ4v) is 1.78. The zero-order chi connectivity index (χ0) is 12.9. The highest BCUT2D eigenvalue weighted by Crippen LogP contribution is 2.14. The molecular weight excluding hydrogens is 240 g/mol. The zero-order valence-electron chi connectivity index (χ0n) is 10.0. The van der Waals surface area contributed by atoms with E-state index in [0.29, 0.717) is 31.0 Å². The molecule has 0 atom stereocenters. The van der Waals surface area contributed by atoms with Crippen LogP contribution < -0.4 is 15.8 Å². The molecule has 0 aliphatic rings. The summed E-state index contributed by atoms with van der Waals surface area (Å²) in [5.41, 5.74) is 7.21. The molecule has 0 aliphatic carbocycles. The average molecular weight is 258 g/mol. The predicted octanol–water partition coefficient (Wildman–Crippen LogP) is 0.323. The smallest absolute Gasteiger partial charge is 0.208 e. The molecule has 1 rings (SSSR count). The van der Waals surface area contributed by atoms with Crippen LogP contribution in [-0.4, -0.2) is 32.7 Å². The number of anilines is 2. The van der Waals surface area contributed by atoms with E-state index in [1.165, 1.54) is 0 Å². The maximum absolute atomic E-state index is 10.8. The topological polar surface area (TPSA) is 97.1 Å². The Morgan fingerprint density at radius 2 is 2.06 bits per heavy atom. The number of rotatable bonds is 6. The van der Waals surface area contributed by atoms with Crippen LogP contribution in [0.5, 0.6) is 0 Å². The number of pyridine rings is 1. The average Bonchev–Trinajstić information content (AvgIpc) is 2.21. The summed E-state index contributed by atoms with van der Waals surface area (Å²) < 4.78 is 24.0. The van der Waals surface area contributed by atoms with Crippen LogP contribution in [-0.2, 0) is 10.0 Å². The summed E-state index contributed by atoms with van der Waals surface area (Å²) in [4.78, 5) is 4.24. The highest BCUT2D eigenvalue weighted by atomic mass is 32.2. The number of hydrogen-bond donors (Lipinski definition) is 3. The molecule has 1 aromatic rings. The van der Waals surface area contributed by atoms with Crippen molar-refractivity contribution in [2.75, 3.05) is 30.4 Å². The zero-order valence-corrected chi connectivity index (χ0v) is 10.8. The molecule has 0 radical (unpaired) electrons. The molecule has 0 spiro atoms. The first kappa shape index (κ1) is 13.7. The van der Waals surface area contributed by atoms with E-state index in [4.69, 9.17) is 5.73 Å². The van der Waals surface area contributed by atoms with E-state index in [9.17, 15) is 8.42 Å². The van der Waals surface area contributed by atoms with Gasteiger partial charge in [-0.15, -0.1) is 0 Å². The molecule has 17 heavy (non-hydrogen) atoms. The largest absolute Gasteiger partial charge is 0.396 e. The molecule has 0 amide bonds. The fourth-order valence-electron chi connectivity index (χ4n) is 1.26. The Balaban J connectivity index is 2.34. The van der Waals surface area contributed by atoms with Gasteiger partial charge in [0.2, 0.25) is 10.0 Å². The SMILES string of the molecule is Cc1ccc(N)c(NCCCNS(C)(=O)=O)n1. The van der Waals surface area contributed by atoms with Gasteiger partial charge in [0.15, 0.2) is 0 Å². The second-order valence-electron chi connectivity index (χ2n) is 3.84. The number of nitrogens with one attached hydrogen (secondary N) is 2. The van der Waals surface area contributed by atoms with Gasteiger partial charge in [-0.25, -0.2) is 18.1 Å². The van der Waals surface area contributed by atoms with Crippen molar-refractivity contribution >= 4 is 21.5 Å². The first-order valence-corrected chi connectivity index (χ1v) is 7.19. The normalized spacial score (nSPS) is 11.4. The van der Waals surface area contributed by atoms with Gasteiger partial charge in [-0.05, 0) is 25.5 Å². The monoisotopic (exact) mass is 258 g/mol. The van der Waals surface area contributed by atoms with E-state index < -0.39 is 10.0 Å². The number of aryl methyl sites for hydroxylation is 1. The van der Waals surface area contributed by atoms with E-state index in [-0.39, 0.29) is 0 Å². The molecule has 1 aromatic heterocycles. The van der Waals surface area contributed by atoms with Crippen molar-refractivity contribution in [2.24, 2.45) is 0 Å². The number of aromatic nitrogens is 1. The molecule has 0 aliphatic heterocycles. The third kappa shape index (κ3) is 5.50. The lowest BCUT2D eigenvalue weighted by Crippen LogP contribution is -2.24. The Morgan fingerprint density at radius 1 is 1.35 bits per heavy atom. The first-order valence-electron chi connectivity index (χ1n) is 5.30. The van der Waals surface area contributed by atoms with Crippen LogP contribution in [0.1, 0.15) is 12.1 Å². The van der Waals surface area contributed by atoms with Crippen molar-refractivity contribution in [3.05, 3.63) is 17.8 Å². The van der Waals surface area contributed by atoms with Crippen molar-refractivity contribution in [2.45, 2.75) is 13.3 Å². The minimum atomic E-state index is -3.10. The maximum atomic E-state index is 10.8. The summed E-state index contributed by atoms with van der Waals surface area (Å²) in [6, 6.07) is 3.63. The summed E-state index contributed by atoms with van der Waals surface area (Å²) in [6.45, 7) is 2.90. The van der Waals surface area contributed by atoms with Crippen LogP contribution in [0.25, 0.3) is 0 Å². The van der Waals surface area contributed by atoms with Crippen molar-refractivity contribution < 1.29 is 8.42 Å². The Hall–Kier alpha value is -1.34. The number of sulfonamides is 1. The lowest BCUT2D eigenvalue weighted by atomic mass is 10.3. The number of nitrogens with zero attached hydrogens (tertiary/aromatic N) is 1. The molecule has 0 unspecified atom stereocenters. The minimum Gasteiger partial charge on any atom is -0.396 e. The van der Waals surface area contributed by atoms with Crippen LogP contribution >= 0.6 is 0 Å². The molecular formula is C10H18N4O2S. The third-order valence-corrected chi connectivity index (χ3v) is 2.80. The quantitative estimate of drug-likeness (QED) is 0.639. The van der Waals surface area contributed by atoms with Gasteiger partial charge in [-0.3, -0.25) is 0 Å². The van der Waals surface area contributed by atoms with Gasteiger partial charge in [0, 0.05) is 18.8 Å². The Labute approximate surface area is 102 Å². The van der Waals surface area contributed by atoms with E-state index in [0.717, 1.165) is 11.9 Å². The summed E-state index contributed by atoms with van der Waals surface area (Å²) in [7, 11) is -3.10. The lowest BCUT2D eigenvalue weighted by Gasteiger charge is -2.09. The molecule has 4 N–H and O–H groups in total. The van der Waals surface area contributed by atoms with Crippen molar-refractivity contribution in [3.8, 4) is 0 Å².